The molecule has 0 amide bonds. The Balaban J connectivity index is 1.83. The van der Waals surface area contributed by atoms with Gasteiger partial charge in [-0.15, -0.1) is 0 Å². The van der Waals surface area contributed by atoms with Gasteiger partial charge in [0.25, 0.3) is 0 Å². The number of aromatic amines is 1. The number of nitrogens with one attached hydrogen (secondary N) is 2. The van der Waals surface area contributed by atoms with E-state index in [1.807, 2.05) is 20.8 Å². The van der Waals surface area contributed by atoms with Crippen LogP contribution in [0.25, 0.3) is 33.9 Å². The molecule has 4 heterocycles. The monoisotopic (exact) mass is 423 g/mol. The van der Waals surface area contributed by atoms with Crippen molar-refractivity contribution in [3.8, 4) is 22.8 Å². The van der Waals surface area contributed by atoms with Gasteiger partial charge in [0, 0.05) is 29.3 Å². The number of H-pyrrole nitrogens is 1. The van der Waals surface area contributed by atoms with Crippen LogP contribution in [0.3, 0.4) is 0 Å². The largest absolute Gasteiger partial charge is 0.481 e. The average molecular weight is 423 g/mol. The van der Waals surface area contributed by atoms with Gasteiger partial charge in [-0.1, -0.05) is 20.8 Å². The normalized spacial score (nSPS) is 12.8. The fraction of sp³-hybridized carbons (Fsp3) is 0.273. The molecule has 1 atom stereocenters. The van der Waals surface area contributed by atoms with Gasteiger partial charge in [0.2, 0.25) is 0 Å². The number of anilines is 1. The van der Waals surface area contributed by atoms with E-state index < -0.39 is 11.8 Å². The number of furan rings is 1. The molecule has 160 valence electrons. The van der Waals surface area contributed by atoms with Crippen molar-refractivity contribution in [3.05, 3.63) is 48.7 Å². The molecule has 0 aliphatic carbocycles. The first-order chi connectivity index (χ1) is 14.7. The molecule has 4 rings (SSSR count). The summed E-state index contributed by atoms with van der Waals surface area (Å²) < 4.78 is 19.3. The molecule has 9 heteroatoms. The Morgan fingerprint density at radius 1 is 1.32 bits per heavy atom. The van der Waals surface area contributed by atoms with Crippen molar-refractivity contribution in [2.75, 3.05) is 5.32 Å². The fourth-order valence-electron chi connectivity index (χ4n) is 3.28. The quantitative estimate of drug-likeness (QED) is 0.411. The van der Waals surface area contributed by atoms with E-state index in [4.69, 9.17) is 4.42 Å². The van der Waals surface area contributed by atoms with Crippen LogP contribution >= 0.6 is 0 Å². The summed E-state index contributed by atoms with van der Waals surface area (Å²) >= 11 is 0. The number of halogens is 1. The van der Waals surface area contributed by atoms with Crippen LogP contribution in [-0.2, 0) is 4.79 Å². The summed E-state index contributed by atoms with van der Waals surface area (Å²) in [6.45, 7) is 5.87. The highest BCUT2D eigenvalue weighted by Crippen LogP contribution is 2.31. The first kappa shape index (κ1) is 20.5. The van der Waals surface area contributed by atoms with Crippen LogP contribution in [0.4, 0.5) is 10.2 Å². The smallest absolute Gasteiger partial charge is 0.305 e. The van der Waals surface area contributed by atoms with Crippen molar-refractivity contribution < 1.29 is 18.7 Å². The van der Waals surface area contributed by atoms with Crippen molar-refractivity contribution in [2.45, 2.75) is 33.2 Å². The second kappa shape index (κ2) is 7.82. The predicted octanol–water partition coefficient (Wildman–Crippen LogP) is 4.72. The lowest BCUT2D eigenvalue weighted by atomic mass is 9.85. The van der Waals surface area contributed by atoms with Gasteiger partial charge in [-0.3, -0.25) is 4.79 Å². The molecule has 8 nitrogen and oxygen atoms in total. The Hall–Kier alpha value is -3.75. The van der Waals surface area contributed by atoms with E-state index in [0.29, 0.717) is 39.7 Å². The molecule has 0 saturated heterocycles. The van der Waals surface area contributed by atoms with Crippen LogP contribution in [0.5, 0.6) is 0 Å². The molecular formula is C22H22FN5O3. The first-order valence-electron chi connectivity index (χ1n) is 9.75. The van der Waals surface area contributed by atoms with E-state index >= 15 is 0 Å². The zero-order valence-corrected chi connectivity index (χ0v) is 17.3. The summed E-state index contributed by atoms with van der Waals surface area (Å²) in [5.41, 5.74) is 1.25. The number of pyridine rings is 1. The molecule has 0 radical (unpaired) electrons. The molecule has 0 aromatic carbocycles. The van der Waals surface area contributed by atoms with Gasteiger partial charge in [-0.2, -0.15) is 0 Å². The fourth-order valence-corrected chi connectivity index (χ4v) is 3.28. The number of nitrogens with zero attached hydrogens (tertiary/aromatic N) is 3. The molecule has 0 fully saturated rings. The standard InChI is InChI=1S/C22H22FN5O3/c1-22(2,3)17(9-19(29)30)27-18-8-15(16-5-4-6-31-16)26-21(28-18)14-11-25-20-13(14)7-12(23)10-24-20/h4-8,10-11,17H,9H2,1-3H3,(H,24,25)(H,29,30)(H,26,27,28). The van der Waals surface area contributed by atoms with Crippen molar-refractivity contribution in [1.82, 2.24) is 19.9 Å². The van der Waals surface area contributed by atoms with E-state index in [0.717, 1.165) is 6.20 Å². The Labute approximate surface area is 177 Å². The molecule has 0 aliphatic rings. The summed E-state index contributed by atoms with van der Waals surface area (Å²) in [4.78, 5) is 27.6. The molecule has 4 aromatic heterocycles. The van der Waals surface area contributed by atoms with Crippen molar-refractivity contribution in [1.29, 1.82) is 0 Å². The van der Waals surface area contributed by atoms with Crippen LogP contribution < -0.4 is 5.32 Å². The number of aliphatic carboxylic acids is 1. The van der Waals surface area contributed by atoms with E-state index in [-0.39, 0.29) is 17.9 Å². The highest BCUT2D eigenvalue weighted by Gasteiger charge is 2.28. The summed E-state index contributed by atoms with van der Waals surface area (Å²) in [5.74, 6) is -0.0787. The maximum Gasteiger partial charge on any atom is 0.305 e. The van der Waals surface area contributed by atoms with E-state index in [1.54, 1.807) is 24.4 Å². The number of carboxylic acid groups (broad SMARTS) is 1. The third kappa shape index (κ3) is 4.40. The molecular weight excluding hydrogens is 401 g/mol. The predicted molar refractivity (Wildman–Crippen MR) is 114 cm³/mol. The number of fused-ring (bicyclic) bond motifs is 1. The lowest BCUT2D eigenvalue weighted by Gasteiger charge is -2.31. The molecule has 0 aliphatic heterocycles. The lowest BCUT2D eigenvalue weighted by molar-refractivity contribution is -0.137. The second-order valence-electron chi connectivity index (χ2n) is 8.35. The topological polar surface area (TPSA) is 117 Å². The number of hydrogen-bond acceptors (Lipinski definition) is 6. The van der Waals surface area contributed by atoms with Gasteiger partial charge >= 0.3 is 5.97 Å². The Morgan fingerprint density at radius 3 is 2.81 bits per heavy atom. The summed E-state index contributed by atoms with van der Waals surface area (Å²) in [7, 11) is 0. The van der Waals surface area contributed by atoms with Gasteiger partial charge in [0.1, 0.15) is 23.0 Å². The number of carboxylic acids is 1. The molecule has 1 unspecified atom stereocenters. The highest BCUT2D eigenvalue weighted by atomic mass is 19.1. The summed E-state index contributed by atoms with van der Waals surface area (Å²) in [6.07, 6.45) is 4.26. The number of hydrogen-bond donors (Lipinski definition) is 3. The zero-order valence-electron chi connectivity index (χ0n) is 17.3. The number of carbonyl (C=O) groups is 1. The summed E-state index contributed by atoms with van der Waals surface area (Å²) in [5, 5.41) is 13.1. The van der Waals surface area contributed by atoms with E-state index in [9.17, 15) is 14.3 Å². The number of aromatic nitrogens is 4. The molecule has 31 heavy (non-hydrogen) atoms. The minimum Gasteiger partial charge on any atom is -0.481 e. The van der Waals surface area contributed by atoms with E-state index in [1.165, 1.54) is 12.3 Å². The number of rotatable bonds is 6. The molecule has 0 bridgehead atoms. The highest BCUT2D eigenvalue weighted by molar-refractivity contribution is 5.92. The van der Waals surface area contributed by atoms with Gasteiger partial charge in [0.05, 0.1) is 18.9 Å². The zero-order chi connectivity index (χ0) is 22.2. The second-order valence-corrected chi connectivity index (χ2v) is 8.35. The molecule has 3 N–H and O–H groups in total. The minimum absolute atomic E-state index is 0.0822. The molecule has 0 saturated carbocycles. The van der Waals surface area contributed by atoms with Crippen LogP contribution in [0.1, 0.15) is 27.2 Å². The van der Waals surface area contributed by atoms with Gasteiger partial charge in [0.15, 0.2) is 11.6 Å². The Kier molecular flexibility index (Phi) is 5.18. The van der Waals surface area contributed by atoms with Crippen LogP contribution in [0, 0.1) is 11.2 Å². The third-order valence-electron chi connectivity index (χ3n) is 4.98. The first-order valence-corrected chi connectivity index (χ1v) is 9.75. The summed E-state index contributed by atoms with van der Waals surface area (Å²) in [6, 6.07) is 6.20. The lowest BCUT2D eigenvalue weighted by Crippen LogP contribution is -2.36. The molecule has 0 spiro atoms. The van der Waals surface area contributed by atoms with Crippen LogP contribution in [0.15, 0.2) is 47.3 Å². The van der Waals surface area contributed by atoms with Crippen LogP contribution in [0.2, 0.25) is 0 Å². The van der Waals surface area contributed by atoms with Gasteiger partial charge in [-0.05, 0) is 23.6 Å². The van der Waals surface area contributed by atoms with Crippen molar-refractivity contribution in [2.24, 2.45) is 5.41 Å². The van der Waals surface area contributed by atoms with Gasteiger partial charge < -0.3 is 19.8 Å². The Bertz CT molecular complexity index is 1230. The van der Waals surface area contributed by atoms with Crippen molar-refractivity contribution >= 4 is 22.8 Å². The van der Waals surface area contributed by atoms with Crippen molar-refractivity contribution in [3.63, 3.8) is 0 Å². The maximum atomic E-state index is 13.8. The maximum absolute atomic E-state index is 13.8. The SMILES string of the molecule is CC(C)(C)C(CC(=O)O)Nc1cc(-c2ccco2)nc(-c2c[nH]c3ncc(F)cc23)n1. The molecule has 4 aromatic rings. The third-order valence-corrected chi connectivity index (χ3v) is 4.98. The van der Waals surface area contributed by atoms with Gasteiger partial charge in [-0.25, -0.2) is 19.3 Å². The van der Waals surface area contributed by atoms with Crippen LogP contribution in [-0.4, -0.2) is 37.1 Å². The van der Waals surface area contributed by atoms with E-state index in [2.05, 4.69) is 25.3 Å². The minimum atomic E-state index is -0.911. The average Bonchev–Trinajstić information content (AvgIpc) is 3.36. The Morgan fingerprint density at radius 2 is 2.13 bits per heavy atom.